The van der Waals surface area contributed by atoms with Crippen molar-refractivity contribution in [3.63, 3.8) is 0 Å². The molecule has 3 rings (SSSR count). The summed E-state index contributed by atoms with van der Waals surface area (Å²) in [7, 11) is 0. The fourth-order valence-corrected chi connectivity index (χ4v) is 3.53. The van der Waals surface area contributed by atoms with Gasteiger partial charge in [0.05, 0.1) is 0 Å². The van der Waals surface area contributed by atoms with Gasteiger partial charge in [0.15, 0.2) is 5.41 Å². The van der Waals surface area contributed by atoms with Gasteiger partial charge in [-0.05, 0) is 44.7 Å². The Morgan fingerprint density at radius 3 is 1.92 bits per heavy atom. The van der Waals surface area contributed by atoms with Gasteiger partial charge < -0.3 is 5.73 Å². The molecule has 2 heteroatoms. The Hall–Kier alpha value is -1.93. The maximum absolute atomic E-state index is 5.90. The summed E-state index contributed by atoms with van der Waals surface area (Å²) in [4.78, 5) is 0. The van der Waals surface area contributed by atoms with Crippen molar-refractivity contribution in [1.82, 2.24) is 0 Å². The summed E-state index contributed by atoms with van der Waals surface area (Å²) in [5, 5.41) is 0. The monoisotopic (exact) mass is 338 g/mol. The van der Waals surface area contributed by atoms with E-state index >= 15 is 0 Å². The lowest BCUT2D eigenvalue weighted by Crippen LogP contribution is -2.23. The van der Waals surface area contributed by atoms with E-state index in [1.165, 1.54) is 16.7 Å². The van der Waals surface area contributed by atoms with Gasteiger partial charge in [0, 0.05) is 17.7 Å². The van der Waals surface area contributed by atoms with Crippen LogP contribution in [-0.4, -0.2) is 5.60 Å². The number of ether oxygens (including phenoxy) is 1. The van der Waals surface area contributed by atoms with Gasteiger partial charge in [-0.3, -0.25) is 0 Å². The minimum absolute atomic E-state index is 0.0232. The Labute approximate surface area is 153 Å². The Morgan fingerprint density at radius 1 is 0.920 bits per heavy atom. The molecule has 0 aromatic heterocycles. The van der Waals surface area contributed by atoms with E-state index in [2.05, 4.69) is 77.1 Å². The molecular weight excluding hydrogens is 306 g/mol. The van der Waals surface area contributed by atoms with Crippen LogP contribution in [0.3, 0.4) is 0 Å². The molecule has 1 saturated heterocycles. The van der Waals surface area contributed by atoms with Crippen LogP contribution in [0.15, 0.2) is 48.5 Å². The van der Waals surface area contributed by atoms with Gasteiger partial charge in [-0.15, -0.1) is 0 Å². The van der Waals surface area contributed by atoms with Crippen LogP contribution >= 0.6 is 0 Å². The average Bonchev–Trinajstić information content (AvgIpc) is 2.91. The van der Waals surface area contributed by atoms with E-state index in [-0.39, 0.29) is 11.0 Å². The third kappa shape index (κ3) is 4.79. The molecule has 2 nitrogen and oxygen atoms in total. The Morgan fingerprint density at radius 2 is 1.48 bits per heavy atom. The first-order valence-corrected chi connectivity index (χ1v) is 9.25. The molecule has 1 heterocycles. The van der Waals surface area contributed by atoms with Gasteiger partial charge in [0.2, 0.25) is 6.61 Å². The molecule has 1 unspecified atom stereocenters. The number of hydrogen-bond acceptors (Lipinski definition) is 2. The molecule has 0 bridgehead atoms. The SMILES string of the molecule is CC1(C)CC(C)(c2ccccc2)[CH+]O1.CCc1cccc(CC)c1N. The molecular formula is C23H32NO+. The van der Waals surface area contributed by atoms with Crippen LogP contribution in [0, 0.1) is 6.61 Å². The van der Waals surface area contributed by atoms with Crippen molar-refractivity contribution < 1.29 is 4.74 Å². The van der Waals surface area contributed by atoms with E-state index in [1.807, 2.05) is 12.7 Å². The van der Waals surface area contributed by atoms with Crippen molar-refractivity contribution in [1.29, 1.82) is 0 Å². The summed E-state index contributed by atoms with van der Waals surface area (Å²) in [6.45, 7) is 12.8. The van der Waals surface area contributed by atoms with Gasteiger partial charge in [-0.2, -0.15) is 4.74 Å². The van der Waals surface area contributed by atoms with Crippen molar-refractivity contribution in [2.75, 3.05) is 5.73 Å². The molecule has 1 aliphatic heterocycles. The highest BCUT2D eigenvalue weighted by Crippen LogP contribution is 2.43. The highest BCUT2D eigenvalue weighted by atomic mass is 16.5. The predicted octanol–water partition coefficient (Wildman–Crippen LogP) is 5.70. The number of aryl methyl sites for hydroxylation is 2. The van der Waals surface area contributed by atoms with Crippen LogP contribution in [-0.2, 0) is 23.0 Å². The van der Waals surface area contributed by atoms with Crippen LogP contribution < -0.4 is 5.73 Å². The predicted molar refractivity (Wildman–Crippen MR) is 107 cm³/mol. The van der Waals surface area contributed by atoms with Crippen molar-refractivity contribution in [3.8, 4) is 0 Å². The van der Waals surface area contributed by atoms with Crippen LogP contribution in [0.5, 0.6) is 0 Å². The number of hydrogen-bond donors (Lipinski definition) is 1. The highest BCUT2D eigenvalue weighted by molar-refractivity contribution is 5.53. The number of nitrogens with two attached hydrogens (primary N) is 1. The second-order valence-corrected chi connectivity index (χ2v) is 7.65. The smallest absolute Gasteiger partial charge is 0.238 e. The maximum Gasteiger partial charge on any atom is 0.238 e. The van der Waals surface area contributed by atoms with Gasteiger partial charge in [0.1, 0.15) is 5.60 Å². The molecule has 25 heavy (non-hydrogen) atoms. The van der Waals surface area contributed by atoms with E-state index in [1.54, 1.807) is 0 Å². The number of anilines is 1. The quantitative estimate of drug-likeness (QED) is 0.575. The Bertz CT molecular complexity index is 655. The minimum Gasteiger partial charge on any atom is -0.398 e. The zero-order valence-electron chi connectivity index (χ0n) is 16.3. The van der Waals surface area contributed by atoms with E-state index < -0.39 is 0 Å². The molecule has 134 valence electrons. The second-order valence-electron chi connectivity index (χ2n) is 7.65. The Balaban J connectivity index is 0.000000186. The van der Waals surface area contributed by atoms with Crippen molar-refractivity contribution in [2.45, 2.75) is 64.9 Å². The molecule has 0 aliphatic carbocycles. The molecule has 0 radical (unpaired) electrons. The molecule has 0 spiro atoms. The normalized spacial score (nSPS) is 21.2. The molecule has 0 amide bonds. The highest BCUT2D eigenvalue weighted by Gasteiger charge is 2.51. The number of rotatable bonds is 3. The number of nitrogen functional groups attached to an aromatic ring is 1. The topological polar surface area (TPSA) is 35.2 Å². The number of benzene rings is 2. The van der Waals surface area contributed by atoms with E-state index in [0.29, 0.717) is 0 Å². The maximum atomic E-state index is 5.90. The summed E-state index contributed by atoms with van der Waals surface area (Å²) in [6, 6.07) is 16.8. The van der Waals surface area contributed by atoms with Crippen molar-refractivity contribution in [2.24, 2.45) is 0 Å². The zero-order valence-corrected chi connectivity index (χ0v) is 16.3. The van der Waals surface area contributed by atoms with Gasteiger partial charge in [0.25, 0.3) is 0 Å². The zero-order chi connectivity index (χ0) is 18.5. The van der Waals surface area contributed by atoms with Crippen LogP contribution in [0.25, 0.3) is 0 Å². The third-order valence-electron chi connectivity index (χ3n) is 4.91. The largest absolute Gasteiger partial charge is 0.398 e. The average molecular weight is 339 g/mol. The molecule has 2 aromatic rings. The number of para-hydroxylation sites is 1. The lowest BCUT2D eigenvalue weighted by atomic mass is 9.78. The standard InChI is InChI=1S/C13H17O.C10H15N/c1-12(2)9-13(3,10-14-12)11-7-5-4-6-8-11;1-3-8-6-5-7-9(4-2)10(8)11/h4-8,10H,9H2,1-3H3;5-7H,3-4,11H2,1-2H3/q+1;. The summed E-state index contributed by atoms with van der Waals surface area (Å²) in [5.41, 5.74) is 10.8. The van der Waals surface area contributed by atoms with Crippen LogP contribution in [0.1, 0.15) is 57.7 Å². The summed E-state index contributed by atoms with van der Waals surface area (Å²) >= 11 is 0. The molecule has 1 aliphatic rings. The van der Waals surface area contributed by atoms with Gasteiger partial charge in [-0.25, -0.2) is 0 Å². The first-order valence-electron chi connectivity index (χ1n) is 9.25. The fraction of sp³-hybridized carbons (Fsp3) is 0.435. The van der Waals surface area contributed by atoms with Crippen molar-refractivity contribution >= 4 is 5.69 Å². The first-order chi connectivity index (χ1) is 11.8. The minimum atomic E-state index is -0.0232. The summed E-state index contributed by atoms with van der Waals surface area (Å²) in [6.07, 6.45) is 3.10. The van der Waals surface area contributed by atoms with Crippen LogP contribution in [0.4, 0.5) is 5.69 Å². The van der Waals surface area contributed by atoms with Crippen molar-refractivity contribution in [3.05, 3.63) is 71.8 Å². The van der Waals surface area contributed by atoms with E-state index in [9.17, 15) is 0 Å². The Kier molecular flexibility index (Phi) is 6.18. The molecule has 2 aromatic carbocycles. The van der Waals surface area contributed by atoms with Gasteiger partial charge >= 0.3 is 0 Å². The molecule has 0 saturated carbocycles. The first kappa shape index (κ1) is 19.4. The van der Waals surface area contributed by atoms with E-state index in [4.69, 9.17) is 10.5 Å². The molecule has 1 atom stereocenters. The summed E-state index contributed by atoms with van der Waals surface area (Å²) in [5.74, 6) is 0. The van der Waals surface area contributed by atoms with Gasteiger partial charge in [-0.1, -0.05) is 62.4 Å². The molecule has 2 N–H and O–H groups in total. The van der Waals surface area contributed by atoms with Crippen LogP contribution in [0.2, 0.25) is 0 Å². The fourth-order valence-electron chi connectivity index (χ4n) is 3.53. The lowest BCUT2D eigenvalue weighted by Gasteiger charge is -2.16. The third-order valence-corrected chi connectivity index (χ3v) is 4.91. The lowest BCUT2D eigenvalue weighted by molar-refractivity contribution is 0.0704. The second kappa shape index (κ2) is 7.97. The molecule has 1 fully saturated rings. The van der Waals surface area contributed by atoms with E-state index in [0.717, 1.165) is 24.9 Å². The summed E-state index contributed by atoms with van der Waals surface area (Å²) < 4.78 is 5.69.